The number of aromatic nitrogens is 1. The molecule has 0 N–H and O–H groups in total. The van der Waals surface area contributed by atoms with Crippen molar-refractivity contribution in [2.24, 2.45) is 0 Å². The lowest BCUT2D eigenvalue weighted by atomic mass is 9.87. The minimum atomic E-state index is -3.50. The quantitative estimate of drug-likeness (QED) is 0.0936. The van der Waals surface area contributed by atoms with Crippen molar-refractivity contribution in [1.82, 2.24) is 4.98 Å². The predicted molar refractivity (Wildman–Crippen MR) is 192 cm³/mol. The monoisotopic (exact) mass is 734 g/mol. The van der Waals surface area contributed by atoms with E-state index in [1.807, 2.05) is 91.9 Å². The number of hydrogen-bond donors (Lipinski definition) is 0. The highest BCUT2D eigenvalue weighted by Gasteiger charge is 2.25. The molecule has 0 aliphatic rings. The van der Waals surface area contributed by atoms with Crippen LogP contribution in [-0.4, -0.2) is 49.3 Å². The van der Waals surface area contributed by atoms with E-state index in [0.29, 0.717) is 34.0 Å². The Morgan fingerprint density at radius 2 is 1.68 bits per heavy atom. The number of hydrogen-bond acceptors (Lipinski definition) is 8. The van der Waals surface area contributed by atoms with E-state index < -0.39 is 21.9 Å². The summed E-state index contributed by atoms with van der Waals surface area (Å²) < 4.78 is 38.3. The maximum Gasteiger partial charge on any atom is 0.316 e. The van der Waals surface area contributed by atoms with Crippen molar-refractivity contribution < 1.29 is 22.7 Å². The first-order valence-corrected chi connectivity index (χ1v) is 19.0. The molecule has 0 amide bonds. The largest absolute Gasteiger partial charge is 0.490 e. The van der Waals surface area contributed by atoms with Gasteiger partial charge in [-0.1, -0.05) is 116 Å². The van der Waals surface area contributed by atoms with Crippen LogP contribution in [0.15, 0.2) is 94.4 Å². The molecule has 4 rings (SSSR count). The third-order valence-corrected chi connectivity index (χ3v) is 10.6. The normalized spacial score (nSPS) is 12.3. The molecule has 1 unspecified atom stereocenters. The summed E-state index contributed by atoms with van der Waals surface area (Å²) in [5.41, 5.74) is 4.50. The lowest BCUT2D eigenvalue weighted by molar-refractivity contribution is -0.146. The minimum absolute atomic E-state index is 0.00709. The van der Waals surface area contributed by atoms with Crippen LogP contribution in [0.5, 0.6) is 5.75 Å². The molecule has 0 aliphatic carbocycles. The van der Waals surface area contributed by atoms with Crippen LogP contribution in [-0.2, 0) is 24.8 Å². The zero-order chi connectivity index (χ0) is 34.0. The maximum atomic E-state index is 13.2. The summed E-state index contributed by atoms with van der Waals surface area (Å²) in [4.78, 5) is 18.0. The summed E-state index contributed by atoms with van der Waals surface area (Å²) in [7, 11) is -3.50. The van der Waals surface area contributed by atoms with Gasteiger partial charge in [-0.15, -0.1) is 0 Å². The second-order valence-electron chi connectivity index (χ2n) is 12.2. The van der Waals surface area contributed by atoms with E-state index in [2.05, 4.69) is 42.8 Å². The summed E-state index contributed by atoms with van der Waals surface area (Å²) in [5.74, 6) is -0.583. The van der Waals surface area contributed by atoms with E-state index in [1.165, 1.54) is 0 Å². The number of esters is 1. The molecule has 0 saturated carbocycles. The first-order valence-electron chi connectivity index (χ1n) is 15.4. The highest BCUT2D eigenvalue weighted by atomic mass is 79.9. The van der Waals surface area contributed by atoms with Crippen LogP contribution in [0.4, 0.5) is 0 Å². The van der Waals surface area contributed by atoms with Gasteiger partial charge in [0.2, 0.25) is 0 Å². The lowest BCUT2D eigenvalue weighted by Gasteiger charge is -2.21. The van der Waals surface area contributed by atoms with Gasteiger partial charge in [0.1, 0.15) is 29.6 Å². The Morgan fingerprint density at radius 1 is 1.00 bits per heavy atom. The van der Waals surface area contributed by atoms with Gasteiger partial charge in [-0.3, -0.25) is 4.79 Å². The van der Waals surface area contributed by atoms with Gasteiger partial charge in [0.25, 0.3) is 0 Å². The van der Waals surface area contributed by atoms with Crippen LogP contribution in [0, 0.1) is 11.3 Å². The Balaban J connectivity index is 1.55. The van der Waals surface area contributed by atoms with Crippen LogP contribution in [0.3, 0.4) is 0 Å². The van der Waals surface area contributed by atoms with Crippen LogP contribution < -0.4 is 4.74 Å². The summed E-state index contributed by atoms with van der Waals surface area (Å²) in [6.07, 6.45) is 0.245. The van der Waals surface area contributed by atoms with E-state index >= 15 is 0 Å². The maximum absolute atomic E-state index is 13.2. The molecule has 1 atom stereocenters. The van der Waals surface area contributed by atoms with Crippen LogP contribution >= 0.6 is 27.7 Å². The number of nitriles is 1. The fourth-order valence-corrected chi connectivity index (χ4v) is 7.46. The zero-order valence-corrected chi connectivity index (χ0v) is 30.3. The minimum Gasteiger partial charge on any atom is -0.490 e. The average molecular weight is 736 g/mol. The van der Waals surface area contributed by atoms with E-state index in [9.17, 15) is 18.5 Å². The topological polar surface area (TPSA) is 106 Å². The van der Waals surface area contributed by atoms with Gasteiger partial charge >= 0.3 is 5.97 Å². The molecule has 1 heterocycles. The first kappa shape index (κ1) is 36.2. The number of thioether (sulfide) groups is 1. The van der Waals surface area contributed by atoms with Crippen molar-refractivity contribution >= 4 is 43.5 Å². The number of unbranched alkanes of at least 4 members (excludes halogenated alkanes) is 1. The molecular formula is C37H39BrN2O5S2. The Bertz CT molecular complexity index is 1800. The molecule has 0 bridgehead atoms. The van der Waals surface area contributed by atoms with Crippen LogP contribution in [0.25, 0.3) is 22.4 Å². The van der Waals surface area contributed by atoms with Crippen molar-refractivity contribution in [1.29, 1.82) is 5.26 Å². The Labute approximate surface area is 290 Å². The smallest absolute Gasteiger partial charge is 0.316 e. The molecule has 47 heavy (non-hydrogen) atoms. The number of halogens is 1. The summed E-state index contributed by atoms with van der Waals surface area (Å²) in [5, 5.41) is 10.6. The zero-order valence-electron chi connectivity index (χ0n) is 27.0. The molecule has 7 nitrogen and oxygen atoms in total. The Hall–Kier alpha value is -3.65. The number of benzene rings is 3. The van der Waals surface area contributed by atoms with Crippen LogP contribution in [0.1, 0.15) is 51.7 Å². The van der Waals surface area contributed by atoms with Crippen molar-refractivity contribution in [3.63, 3.8) is 0 Å². The fraction of sp³-hybridized carbons (Fsp3) is 0.324. The molecule has 246 valence electrons. The van der Waals surface area contributed by atoms with Gasteiger partial charge in [-0.25, -0.2) is 13.4 Å². The third kappa shape index (κ3) is 10.7. The first-order chi connectivity index (χ1) is 22.4. The van der Waals surface area contributed by atoms with E-state index in [0.717, 1.165) is 39.3 Å². The highest BCUT2D eigenvalue weighted by Crippen LogP contribution is 2.34. The fourth-order valence-electron chi connectivity index (χ4n) is 4.78. The van der Waals surface area contributed by atoms with E-state index in [4.69, 9.17) is 14.5 Å². The van der Waals surface area contributed by atoms with E-state index in [-0.39, 0.29) is 29.3 Å². The van der Waals surface area contributed by atoms with Gasteiger partial charge in [0.15, 0.2) is 9.84 Å². The number of carbonyl (C=O) groups is 1. The molecule has 10 heteroatoms. The standard InChI is InChI=1S/C37H39BrN2O5S2/c1-5-6-20-47(42,43)25-31(23-44-30-18-14-28(15-19-30)37(2,3)4)45-35(41)24-46-36-33(22-39)32(26-10-8-7-9-11-26)21-34(40-36)27-12-16-29(38)17-13-27/h7-19,21,31H,5-6,20,23-25H2,1-4H3. The average Bonchev–Trinajstić information content (AvgIpc) is 3.05. The summed E-state index contributed by atoms with van der Waals surface area (Å²) >= 11 is 4.55. The predicted octanol–water partition coefficient (Wildman–Crippen LogP) is 8.65. The number of rotatable bonds is 14. The van der Waals surface area contributed by atoms with Gasteiger partial charge in [0, 0.05) is 15.6 Å². The molecule has 1 aromatic heterocycles. The van der Waals surface area contributed by atoms with Crippen molar-refractivity contribution in [2.75, 3.05) is 23.9 Å². The number of nitrogens with zero attached hydrogens (tertiary/aromatic N) is 2. The molecule has 0 fully saturated rings. The Morgan fingerprint density at radius 3 is 2.30 bits per heavy atom. The van der Waals surface area contributed by atoms with Gasteiger partial charge in [0.05, 0.1) is 28.5 Å². The number of ether oxygens (including phenoxy) is 2. The van der Waals surface area contributed by atoms with Crippen molar-refractivity contribution in [2.45, 2.75) is 57.1 Å². The molecule has 0 radical (unpaired) electrons. The van der Waals surface area contributed by atoms with Gasteiger partial charge in [-0.05, 0) is 53.3 Å². The molecule has 0 spiro atoms. The van der Waals surface area contributed by atoms with Crippen molar-refractivity contribution in [3.8, 4) is 34.2 Å². The second-order valence-corrected chi connectivity index (χ2v) is 16.3. The number of carbonyl (C=O) groups excluding carboxylic acids is 1. The van der Waals surface area contributed by atoms with Gasteiger partial charge in [-0.2, -0.15) is 5.26 Å². The van der Waals surface area contributed by atoms with E-state index in [1.54, 1.807) is 0 Å². The molecule has 4 aromatic rings. The molecule has 0 aliphatic heterocycles. The summed E-state index contributed by atoms with van der Waals surface area (Å²) in [6, 6.07) is 29.0. The molecule has 0 saturated heterocycles. The highest BCUT2D eigenvalue weighted by molar-refractivity contribution is 9.10. The Kier molecular flexibility index (Phi) is 12.7. The third-order valence-electron chi connectivity index (χ3n) is 7.35. The SMILES string of the molecule is CCCCS(=O)(=O)CC(COc1ccc(C(C)(C)C)cc1)OC(=O)CSc1nc(-c2ccc(Br)cc2)cc(-c2ccccc2)c1C#N. The number of sulfone groups is 1. The summed E-state index contributed by atoms with van der Waals surface area (Å²) in [6.45, 7) is 8.16. The number of pyridine rings is 1. The van der Waals surface area contributed by atoms with Crippen LogP contribution in [0.2, 0.25) is 0 Å². The lowest BCUT2D eigenvalue weighted by Crippen LogP contribution is -2.34. The molecular weight excluding hydrogens is 696 g/mol. The second kappa shape index (κ2) is 16.4. The van der Waals surface area contributed by atoms with Crippen molar-refractivity contribution in [3.05, 3.63) is 101 Å². The molecule has 3 aromatic carbocycles. The van der Waals surface area contributed by atoms with Gasteiger partial charge < -0.3 is 9.47 Å².